The van der Waals surface area contributed by atoms with E-state index in [4.69, 9.17) is 4.74 Å². The molecule has 1 aliphatic heterocycles. The van der Waals surface area contributed by atoms with Crippen LogP contribution in [0.1, 0.15) is 5.69 Å². The molecule has 0 unspecified atom stereocenters. The van der Waals surface area contributed by atoms with E-state index >= 15 is 0 Å². The fraction of sp³-hybridized carbons (Fsp3) is 0.0556. The van der Waals surface area contributed by atoms with E-state index in [-0.39, 0.29) is 0 Å². The van der Waals surface area contributed by atoms with Gasteiger partial charge in [0.15, 0.2) is 0 Å². The molecule has 1 aliphatic rings. The molecule has 0 fully saturated rings. The number of rotatable bonds is 2. The number of H-pyrrole nitrogens is 2. The molecule has 5 heteroatoms. The lowest BCUT2D eigenvalue weighted by atomic mass is 10.3. The monoisotopic (exact) mass is 367 g/mol. The summed E-state index contributed by atoms with van der Waals surface area (Å²) >= 11 is 3.49. The first kappa shape index (κ1) is 14.1. The highest BCUT2D eigenvalue weighted by Crippen LogP contribution is 2.07. The van der Waals surface area contributed by atoms with Gasteiger partial charge in [-0.3, -0.25) is 0 Å². The van der Waals surface area contributed by atoms with Crippen molar-refractivity contribution in [1.82, 2.24) is 9.97 Å². The summed E-state index contributed by atoms with van der Waals surface area (Å²) in [4.78, 5) is 11.2. The lowest BCUT2D eigenvalue weighted by Gasteiger charge is -1.92. The first-order valence-corrected chi connectivity index (χ1v) is 8.01. The number of halogens is 1. The molecule has 0 saturated carbocycles. The van der Waals surface area contributed by atoms with Crippen molar-refractivity contribution in [3.63, 3.8) is 0 Å². The molecule has 3 heterocycles. The van der Waals surface area contributed by atoms with Crippen molar-refractivity contribution in [3.8, 4) is 5.75 Å². The Bertz CT molecular complexity index is 1110. The van der Waals surface area contributed by atoms with Gasteiger partial charge in [0.05, 0.1) is 28.9 Å². The highest BCUT2D eigenvalue weighted by molar-refractivity contribution is 9.10. The molecule has 23 heavy (non-hydrogen) atoms. The van der Waals surface area contributed by atoms with Gasteiger partial charge in [-0.05, 0) is 42.5 Å². The third kappa shape index (κ3) is 2.64. The molecule has 0 bridgehead atoms. The summed E-state index contributed by atoms with van der Waals surface area (Å²) in [6, 6.07) is 12.0. The number of fused-ring (bicyclic) bond motifs is 1. The van der Waals surface area contributed by atoms with Gasteiger partial charge in [0, 0.05) is 27.6 Å². The maximum absolute atomic E-state index is 5.48. The molecular weight excluding hydrogens is 354 g/mol. The van der Waals surface area contributed by atoms with Gasteiger partial charge in [0.25, 0.3) is 0 Å². The zero-order valence-corrected chi connectivity index (χ0v) is 14.0. The number of aromatic amines is 2. The van der Waals surface area contributed by atoms with Gasteiger partial charge >= 0.3 is 0 Å². The van der Waals surface area contributed by atoms with E-state index < -0.39 is 0 Å². The Morgan fingerprint density at radius 2 is 2.13 bits per heavy atom. The second kappa shape index (κ2) is 5.59. The van der Waals surface area contributed by atoms with Crippen molar-refractivity contribution in [2.45, 2.75) is 0 Å². The Hall–Kier alpha value is -2.53. The van der Waals surface area contributed by atoms with Crippen molar-refractivity contribution in [2.24, 2.45) is 4.99 Å². The van der Waals surface area contributed by atoms with Crippen LogP contribution in [0.2, 0.25) is 0 Å². The lowest BCUT2D eigenvalue weighted by molar-refractivity contribution is 0.412. The minimum atomic E-state index is 0.794. The minimum Gasteiger partial charge on any atom is -0.494 e. The Morgan fingerprint density at radius 3 is 2.91 bits per heavy atom. The highest BCUT2D eigenvalue weighted by Gasteiger charge is 2.06. The van der Waals surface area contributed by atoms with Crippen LogP contribution >= 0.6 is 15.9 Å². The van der Waals surface area contributed by atoms with Gasteiger partial charge < -0.3 is 14.7 Å². The number of benzene rings is 1. The molecule has 114 valence electrons. The second-order valence-corrected chi connectivity index (χ2v) is 6.20. The number of nitrogens with one attached hydrogen (secondary N) is 2. The predicted molar refractivity (Wildman–Crippen MR) is 93.8 cm³/mol. The first-order valence-electron chi connectivity index (χ1n) is 7.21. The van der Waals surface area contributed by atoms with Gasteiger partial charge in [-0.25, -0.2) is 4.99 Å². The van der Waals surface area contributed by atoms with E-state index in [1.807, 2.05) is 42.6 Å². The molecule has 1 aromatic carbocycles. The van der Waals surface area contributed by atoms with Crippen LogP contribution in [-0.4, -0.2) is 17.1 Å². The van der Waals surface area contributed by atoms with Gasteiger partial charge in [-0.1, -0.05) is 15.9 Å². The van der Waals surface area contributed by atoms with Crippen LogP contribution in [0, 0.1) is 0 Å². The van der Waals surface area contributed by atoms with Crippen molar-refractivity contribution in [2.75, 3.05) is 7.11 Å². The maximum atomic E-state index is 5.48. The zero-order chi connectivity index (χ0) is 15.8. The molecule has 4 rings (SSSR count). The van der Waals surface area contributed by atoms with Gasteiger partial charge in [0.1, 0.15) is 5.75 Å². The number of aromatic nitrogens is 2. The average molecular weight is 368 g/mol. The third-order valence-electron chi connectivity index (χ3n) is 3.75. The number of hydrogen-bond donors (Lipinski definition) is 2. The molecule has 0 saturated heterocycles. The molecule has 0 aliphatic carbocycles. The molecule has 0 atom stereocenters. The largest absolute Gasteiger partial charge is 0.494 e. The molecule has 3 aromatic rings. The van der Waals surface area contributed by atoms with Crippen LogP contribution in [-0.2, 0) is 0 Å². The van der Waals surface area contributed by atoms with E-state index in [1.54, 1.807) is 7.11 Å². The van der Waals surface area contributed by atoms with Gasteiger partial charge in [-0.2, -0.15) is 0 Å². The smallest absolute Gasteiger partial charge is 0.144 e. The molecule has 4 nitrogen and oxygen atoms in total. The summed E-state index contributed by atoms with van der Waals surface area (Å²) in [5.41, 5.74) is 1.92. The maximum Gasteiger partial charge on any atom is 0.144 e. The Kier molecular flexibility index (Phi) is 3.42. The standard InChI is InChI=1S/C18H14BrN3O/c1-23-18-10-16(22-17(18)9-13-3-2-6-20-13)15-8-11-7-12(19)4-5-14(11)21-15/h2-10,20,22H,1H3/b16-15+,17-9+. The van der Waals surface area contributed by atoms with E-state index in [1.165, 1.54) is 0 Å². The van der Waals surface area contributed by atoms with Crippen molar-refractivity contribution in [1.29, 1.82) is 0 Å². The number of ether oxygens (including phenoxy) is 1. The van der Waals surface area contributed by atoms with E-state index in [0.717, 1.165) is 42.9 Å². The molecule has 2 aromatic heterocycles. The van der Waals surface area contributed by atoms with Crippen LogP contribution in [0.4, 0.5) is 0 Å². The number of hydrogen-bond acceptors (Lipinski definition) is 2. The quantitative estimate of drug-likeness (QED) is 0.701. The van der Waals surface area contributed by atoms with Crippen molar-refractivity contribution < 1.29 is 4.74 Å². The predicted octanol–water partition coefficient (Wildman–Crippen LogP) is 1.16. The van der Waals surface area contributed by atoms with Crippen molar-refractivity contribution >= 4 is 33.8 Å². The van der Waals surface area contributed by atoms with Crippen molar-refractivity contribution in [3.05, 3.63) is 74.0 Å². The van der Waals surface area contributed by atoms with Crippen LogP contribution in [0.15, 0.2) is 52.1 Å². The zero-order valence-electron chi connectivity index (χ0n) is 12.4. The van der Waals surface area contributed by atoms with Gasteiger partial charge in [0.2, 0.25) is 0 Å². The molecule has 0 amide bonds. The fourth-order valence-electron chi connectivity index (χ4n) is 2.65. The van der Waals surface area contributed by atoms with E-state index in [9.17, 15) is 0 Å². The molecular formula is C18H14BrN3O. The van der Waals surface area contributed by atoms with Crippen LogP contribution < -0.4 is 26.0 Å². The summed E-state index contributed by atoms with van der Waals surface area (Å²) in [5, 5.41) is 3.94. The van der Waals surface area contributed by atoms with E-state index in [0.29, 0.717) is 0 Å². The highest BCUT2D eigenvalue weighted by atomic mass is 79.9. The van der Waals surface area contributed by atoms with E-state index in [2.05, 4.69) is 43.0 Å². The van der Waals surface area contributed by atoms with Crippen LogP contribution in [0.25, 0.3) is 17.8 Å². The van der Waals surface area contributed by atoms with Gasteiger partial charge in [-0.15, -0.1) is 0 Å². The summed E-state index contributed by atoms with van der Waals surface area (Å²) in [6.45, 7) is 0. The Morgan fingerprint density at radius 1 is 1.22 bits per heavy atom. The summed E-state index contributed by atoms with van der Waals surface area (Å²) in [5.74, 6) is 0.794. The minimum absolute atomic E-state index is 0.794. The number of methoxy groups -OCH3 is 1. The fourth-order valence-corrected chi connectivity index (χ4v) is 3.02. The first-order chi connectivity index (χ1) is 11.2. The average Bonchev–Trinajstić information content (AvgIpc) is 3.25. The Balaban J connectivity index is 1.93. The molecule has 0 radical (unpaired) electrons. The Labute approximate surface area is 140 Å². The topological polar surface area (TPSA) is 53.2 Å². The summed E-state index contributed by atoms with van der Waals surface area (Å²) in [6.07, 6.45) is 5.98. The van der Waals surface area contributed by atoms with Crippen LogP contribution in [0.5, 0.6) is 5.75 Å². The van der Waals surface area contributed by atoms with Crippen LogP contribution in [0.3, 0.4) is 0 Å². The second-order valence-electron chi connectivity index (χ2n) is 5.28. The normalized spacial score (nSPS) is 16.0. The summed E-state index contributed by atoms with van der Waals surface area (Å²) < 4.78 is 6.53. The third-order valence-corrected chi connectivity index (χ3v) is 4.24. The SMILES string of the molecule is COc1c/c(=C2/C=c3cc(Br)ccc3=N2)[nH]/c1=C/c1ccc[nH]1. The summed E-state index contributed by atoms with van der Waals surface area (Å²) in [7, 11) is 1.67. The lowest BCUT2D eigenvalue weighted by Crippen LogP contribution is -2.20. The number of nitrogens with zero attached hydrogens (tertiary/aromatic N) is 1. The molecule has 0 spiro atoms. The molecule has 2 N–H and O–H groups in total.